The highest BCUT2D eigenvalue weighted by Gasteiger charge is 2.45. The lowest BCUT2D eigenvalue weighted by atomic mass is 9.80. The number of methoxy groups -OCH3 is 2. The first-order valence-electron chi connectivity index (χ1n) is 36.8. The van der Waals surface area contributed by atoms with Gasteiger partial charge in [-0.05, 0) is 79.0 Å². The Bertz CT molecular complexity index is 3320. The summed E-state index contributed by atoms with van der Waals surface area (Å²) in [7, 11) is 3.64. The third-order valence-electron chi connectivity index (χ3n) is 20.6. The number of nitrogens with two attached hydrogens (primary N) is 1. The maximum atomic E-state index is 14.9. The predicted octanol–water partition coefficient (Wildman–Crippen LogP) is 7.37. The van der Waals surface area contributed by atoms with Crippen LogP contribution < -0.4 is 21.7 Å². The molecule has 2 aliphatic heterocycles. The minimum absolute atomic E-state index is 0.0412. The molecule has 13 atom stereocenters. The van der Waals surface area contributed by atoms with Crippen LogP contribution in [0.5, 0.6) is 0 Å². The standard InChI is InChI=1S/C76H117N8O19PS/c1-15-49(8)70(63(101-13)42-67(91)83-33-21-25-60(83)58(44-85)50(9)61(87)39-53(75(97)102-14)38-51-22-17-16-18-23-51)81(11)73(95)57(47(4)5)41-62(88)69(48(6)7)82(12)76(98)103-45-52-27-29-54(30-28-52)79-72(94)59(24-19-20-26-65(77)89)80-71(93)56(46(2)3)40-55(86)31-34-84-68(92)43-64(74(84)96)105-37-36-104(99,100)35-32-66(90)78-10/h16-18,22-23,27-30,46-50,53,56-60,63-64,69-70,85H,15,19-21,24-26,31-45H2,1-14H3,(H2,77,89)(H,78,90)(H,79,94)(H,80,93)(H,99,100)/t49?,50-,53-,56-,57+,58-,59+,60+,63?,64?,69+,70+/m1/s1. The van der Waals surface area contributed by atoms with E-state index in [1.54, 1.807) is 75.7 Å². The Hall–Kier alpha value is -7.39. The molecule has 586 valence electrons. The lowest BCUT2D eigenvalue weighted by Gasteiger charge is -2.41. The van der Waals surface area contributed by atoms with Crippen LogP contribution in [0.15, 0.2) is 54.6 Å². The van der Waals surface area contributed by atoms with Gasteiger partial charge in [-0.25, -0.2) is 4.79 Å². The number of nitrogens with one attached hydrogen (secondary N) is 3. The molecule has 0 bridgehead atoms. The summed E-state index contributed by atoms with van der Waals surface area (Å²) in [5.41, 5.74) is 7.08. The first-order valence-corrected chi connectivity index (χ1v) is 39.9. The minimum atomic E-state index is -3.66. The number of amides is 9. The van der Waals surface area contributed by atoms with Gasteiger partial charge >= 0.3 is 12.1 Å². The number of thioether (sulfide) groups is 1. The highest BCUT2D eigenvalue weighted by atomic mass is 32.2. The number of primary amides is 1. The molecule has 0 spiro atoms. The summed E-state index contributed by atoms with van der Waals surface area (Å²) in [4.78, 5) is 191. The molecule has 2 heterocycles. The fourth-order valence-electron chi connectivity index (χ4n) is 13.9. The van der Waals surface area contributed by atoms with Crippen molar-refractivity contribution in [1.29, 1.82) is 0 Å². The summed E-state index contributed by atoms with van der Waals surface area (Å²) < 4.78 is 29.5. The highest BCUT2D eigenvalue weighted by molar-refractivity contribution is 8.01. The van der Waals surface area contributed by atoms with Crippen LogP contribution in [-0.2, 0) is 89.3 Å². The molecule has 7 N–H and O–H groups in total. The molecule has 0 saturated carbocycles. The van der Waals surface area contributed by atoms with Crippen molar-refractivity contribution in [2.45, 2.75) is 201 Å². The van der Waals surface area contributed by atoms with E-state index in [1.807, 2.05) is 58.0 Å². The number of benzene rings is 2. The van der Waals surface area contributed by atoms with Crippen molar-refractivity contribution in [3.8, 4) is 0 Å². The number of imide groups is 1. The van der Waals surface area contributed by atoms with Gasteiger partial charge in [0.2, 0.25) is 54.6 Å². The molecule has 29 heteroatoms. The molecule has 2 aromatic carbocycles. The summed E-state index contributed by atoms with van der Waals surface area (Å²) in [6.45, 7) is 15.9. The first-order chi connectivity index (χ1) is 49.5. The van der Waals surface area contributed by atoms with E-state index in [1.165, 1.54) is 33.2 Å². The van der Waals surface area contributed by atoms with Gasteiger partial charge in [-0.3, -0.25) is 67.0 Å². The highest BCUT2D eigenvalue weighted by Crippen LogP contribution is 2.43. The smallest absolute Gasteiger partial charge is 0.410 e. The van der Waals surface area contributed by atoms with Gasteiger partial charge in [0.05, 0.1) is 42.9 Å². The molecule has 0 aromatic heterocycles. The van der Waals surface area contributed by atoms with Crippen LogP contribution >= 0.6 is 19.1 Å². The molecule has 2 aromatic rings. The van der Waals surface area contributed by atoms with Crippen molar-refractivity contribution >= 4 is 101 Å². The van der Waals surface area contributed by atoms with Crippen LogP contribution in [-0.4, -0.2) is 215 Å². The van der Waals surface area contributed by atoms with Gasteiger partial charge in [-0.1, -0.05) is 118 Å². The summed E-state index contributed by atoms with van der Waals surface area (Å²) in [5, 5.41) is 18.0. The number of hydrogen-bond donors (Lipinski definition) is 6. The lowest BCUT2D eigenvalue weighted by molar-refractivity contribution is -0.149. The van der Waals surface area contributed by atoms with E-state index < -0.39 is 132 Å². The van der Waals surface area contributed by atoms with Crippen molar-refractivity contribution in [3.05, 3.63) is 65.7 Å². The number of likely N-dealkylation sites (N-methyl/N-ethyl adjacent to an activating group) is 2. The van der Waals surface area contributed by atoms with Gasteiger partial charge in [0.25, 0.3) is 0 Å². The lowest BCUT2D eigenvalue weighted by Crippen LogP contribution is -2.54. The minimum Gasteiger partial charge on any atom is -0.469 e. The molecule has 27 nitrogen and oxygen atoms in total. The summed E-state index contributed by atoms with van der Waals surface area (Å²) in [6, 6.07) is 12.4. The molecular formula is C76H117N8O19PS. The van der Waals surface area contributed by atoms with E-state index in [9.17, 15) is 76.9 Å². The van der Waals surface area contributed by atoms with Gasteiger partial charge in [-0.2, -0.15) is 0 Å². The number of ether oxygens (including phenoxy) is 3. The van der Waals surface area contributed by atoms with Gasteiger partial charge in [0.1, 0.15) is 24.2 Å². The Kier molecular flexibility index (Phi) is 37.7. The van der Waals surface area contributed by atoms with Gasteiger partial charge < -0.3 is 60.6 Å². The monoisotopic (exact) mass is 1510 g/mol. The number of ketones is 3. The van der Waals surface area contributed by atoms with Gasteiger partial charge in [-0.15, -0.1) is 11.8 Å². The Morgan fingerprint density at radius 3 is 2.01 bits per heavy atom. The topological polar surface area (TPSA) is 382 Å². The summed E-state index contributed by atoms with van der Waals surface area (Å²) >= 11 is 1.06. The second kappa shape index (κ2) is 44.0. The number of rotatable bonds is 47. The van der Waals surface area contributed by atoms with Crippen molar-refractivity contribution in [3.63, 3.8) is 0 Å². The van der Waals surface area contributed by atoms with Crippen molar-refractivity contribution in [2.24, 2.45) is 59.0 Å². The molecule has 2 fully saturated rings. The fourth-order valence-corrected chi connectivity index (χ4v) is 17.1. The Labute approximate surface area is 623 Å². The molecule has 2 aliphatic rings. The van der Waals surface area contributed by atoms with E-state index >= 15 is 0 Å². The van der Waals surface area contributed by atoms with Crippen LogP contribution in [0.4, 0.5) is 10.5 Å². The number of Topliss-reactive ketones (excluding diaryl/α,β-unsaturated/α-hetero) is 3. The maximum absolute atomic E-state index is 14.9. The van der Waals surface area contributed by atoms with Crippen LogP contribution in [0.1, 0.15) is 163 Å². The first kappa shape index (κ1) is 90.0. The summed E-state index contributed by atoms with van der Waals surface area (Å²) in [6.07, 6.45) is -0.347. The SMILES string of the molecule is CCC(C)[C@@H](C(CC(=O)N1CCC[C@H]1[C@H](CO)[C@@H](C)C(=O)C[C@@H](Cc1ccccc1)C(=O)OC)OC)N(C)C(=O)[C@@H](CC(=O)[C@H](C(C)C)N(C)C(=O)OCc1ccc(NC(=O)[C@H](CCCCC(N)=O)NC(=O)[C@H](CC(=O)CCN2C(=O)CC(SCCP(=O)(O)CCC(=O)NC)C2=O)C(C)C)cc1)C(C)C. The van der Waals surface area contributed by atoms with Gasteiger partial charge in [0, 0.05) is 146 Å². The Morgan fingerprint density at radius 1 is 0.771 bits per heavy atom. The number of anilines is 1. The van der Waals surface area contributed by atoms with Crippen molar-refractivity contribution < 1.29 is 91.1 Å². The van der Waals surface area contributed by atoms with Gasteiger partial charge in [0.15, 0.2) is 5.78 Å². The number of carbonyl (C=O) groups excluding carboxylic acids is 13. The number of esters is 1. The molecule has 4 rings (SSSR count). The van der Waals surface area contributed by atoms with E-state index in [0.717, 1.165) is 22.2 Å². The molecule has 9 amide bonds. The van der Waals surface area contributed by atoms with Crippen LogP contribution in [0.3, 0.4) is 0 Å². The quantitative estimate of drug-likeness (QED) is 0.0163. The normalized spacial score (nSPS) is 18.0. The molecule has 0 radical (unpaired) electrons. The Morgan fingerprint density at radius 2 is 1.43 bits per heavy atom. The number of aliphatic hydroxyl groups is 1. The second-order valence-electron chi connectivity index (χ2n) is 29.2. The average Bonchev–Trinajstić information content (AvgIpc) is 1.27. The fraction of sp³-hybridized carbons (Fsp3) is 0.671. The van der Waals surface area contributed by atoms with E-state index in [2.05, 4.69) is 16.0 Å². The van der Waals surface area contributed by atoms with E-state index in [0.29, 0.717) is 56.3 Å². The number of aliphatic hydroxyl groups excluding tert-OH is 1. The zero-order chi connectivity index (χ0) is 78.6. The Balaban J connectivity index is 1.38. The number of hydrogen-bond acceptors (Lipinski definition) is 19. The second-order valence-corrected chi connectivity index (χ2v) is 33.1. The molecule has 2 saturated heterocycles. The number of nitrogens with zero attached hydrogens (tertiary/aromatic N) is 4. The van der Waals surface area contributed by atoms with E-state index in [-0.39, 0.29) is 137 Å². The molecule has 105 heavy (non-hydrogen) atoms. The largest absolute Gasteiger partial charge is 0.469 e. The average molecular weight is 1510 g/mol. The zero-order valence-electron chi connectivity index (χ0n) is 64.0. The molecular weight excluding hydrogens is 1390 g/mol. The molecule has 0 aliphatic carbocycles. The number of carbonyl (C=O) groups is 13. The zero-order valence-corrected chi connectivity index (χ0v) is 65.7. The van der Waals surface area contributed by atoms with Crippen LogP contribution in [0.25, 0.3) is 0 Å². The molecule has 4 unspecified atom stereocenters. The van der Waals surface area contributed by atoms with Crippen molar-refractivity contribution in [1.82, 2.24) is 30.2 Å². The van der Waals surface area contributed by atoms with Crippen LogP contribution in [0.2, 0.25) is 0 Å². The van der Waals surface area contributed by atoms with Crippen LogP contribution in [0, 0.1) is 53.3 Å². The van der Waals surface area contributed by atoms with E-state index in [4.69, 9.17) is 19.9 Å². The van der Waals surface area contributed by atoms with Crippen molar-refractivity contribution in [2.75, 3.05) is 78.5 Å². The third kappa shape index (κ3) is 27.7. The predicted molar refractivity (Wildman–Crippen MR) is 399 cm³/mol. The third-order valence-corrected chi connectivity index (χ3v) is 23.9. The summed E-state index contributed by atoms with van der Waals surface area (Å²) in [5.74, 6) is -10.3. The number of likely N-dealkylation sites (tertiary alicyclic amines) is 2. The number of unbranched alkanes of at least 4 members (excludes halogenated alkanes) is 1. The maximum Gasteiger partial charge on any atom is 0.410 e.